The summed E-state index contributed by atoms with van der Waals surface area (Å²) in [6.07, 6.45) is 3.74. The minimum absolute atomic E-state index is 0.0909. The van der Waals surface area contributed by atoms with Gasteiger partial charge >= 0.3 is 0 Å². The van der Waals surface area contributed by atoms with Crippen molar-refractivity contribution in [3.05, 3.63) is 42.5 Å². The van der Waals surface area contributed by atoms with E-state index >= 15 is 0 Å². The van der Waals surface area contributed by atoms with E-state index in [4.69, 9.17) is 8.22 Å². The summed E-state index contributed by atoms with van der Waals surface area (Å²) in [6.45, 7) is -3.93. The molecule has 1 fully saturated rings. The van der Waals surface area contributed by atoms with Crippen molar-refractivity contribution in [3.63, 3.8) is 0 Å². The van der Waals surface area contributed by atoms with Gasteiger partial charge in [-0.25, -0.2) is 14.1 Å². The highest BCUT2D eigenvalue weighted by atomic mass is 19.1. The highest BCUT2D eigenvalue weighted by Crippen LogP contribution is 2.26. The normalized spacial score (nSPS) is 19.1. The van der Waals surface area contributed by atoms with Crippen LogP contribution in [0.25, 0.3) is 16.7 Å². The third-order valence-electron chi connectivity index (χ3n) is 4.00. The Kier molecular flexibility index (Phi) is 2.01. The van der Waals surface area contributed by atoms with Crippen molar-refractivity contribution in [1.29, 1.82) is 0 Å². The second-order valence-corrected chi connectivity index (χ2v) is 5.49. The van der Waals surface area contributed by atoms with E-state index < -0.39 is 19.8 Å². The smallest absolute Gasteiger partial charge is 0.181 e. The number of nitrogens with zero attached hydrogens (tertiary/aromatic N) is 5. The average Bonchev–Trinajstić information content (AvgIpc) is 2.95. The second-order valence-electron chi connectivity index (χ2n) is 5.49. The molecule has 0 N–H and O–H groups in total. The summed E-state index contributed by atoms with van der Waals surface area (Å²) in [5, 5.41) is 4.66. The summed E-state index contributed by atoms with van der Waals surface area (Å²) in [4.78, 5) is 6.56. The van der Waals surface area contributed by atoms with Gasteiger partial charge < -0.3 is 9.80 Å². The molecule has 0 spiro atoms. The van der Waals surface area contributed by atoms with Crippen molar-refractivity contribution >= 4 is 22.4 Å². The molecule has 0 bridgehead atoms. The lowest BCUT2D eigenvalue weighted by molar-refractivity contribution is 0.601. The molecule has 1 aliphatic rings. The fourth-order valence-corrected chi connectivity index (χ4v) is 2.60. The number of rotatable bonds is 3. The summed E-state index contributed by atoms with van der Waals surface area (Å²) in [6, 6.07) is 6.15. The zero-order valence-electron chi connectivity index (χ0n) is 18.2. The Bertz CT molecular complexity index is 1040. The quantitative estimate of drug-likeness (QED) is 0.744. The molecule has 3 aromatic rings. The van der Waals surface area contributed by atoms with Gasteiger partial charge in [0.15, 0.2) is 5.65 Å². The summed E-state index contributed by atoms with van der Waals surface area (Å²) in [7, 11) is 0. The molecule has 2 aromatic heterocycles. The predicted octanol–water partition coefficient (Wildman–Crippen LogP) is 2.84. The first kappa shape index (κ1) is 8.86. The van der Waals surface area contributed by atoms with Crippen LogP contribution >= 0.6 is 0 Å². The average molecular weight is 317 g/mol. The number of pyridine rings is 1. The number of hydrogen-bond donors (Lipinski definition) is 0. The molecule has 6 heteroatoms. The van der Waals surface area contributed by atoms with Gasteiger partial charge in [-0.05, 0) is 30.7 Å². The molecule has 1 saturated heterocycles. The van der Waals surface area contributed by atoms with Crippen molar-refractivity contribution in [1.82, 2.24) is 14.8 Å². The summed E-state index contributed by atoms with van der Waals surface area (Å²) in [5.74, 6) is -0.464. The summed E-state index contributed by atoms with van der Waals surface area (Å²) in [5.41, 5.74) is 1.28. The molecular formula is C17H18FN5. The standard InChI is InChI=1S/C17H18FN5/c1-21(2)14-8-12-11-23(20-17(12)19-10-14)16-9-13(4-5-15(16)18)22-6-3-7-22/h4-5,8-11H,3,6-7H2,1-2H3/i1D3,2D3. The molecular weight excluding hydrogens is 293 g/mol. The third-order valence-corrected chi connectivity index (χ3v) is 4.00. The van der Waals surface area contributed by atoms with E-state index in [1.54, 1.807) is 12.1 Å². The minimum atomic E-state index is -2.88. The van der Waals surface area contributed by atoms with Crippen LogP contribution in [0.4, 0.5) is 15.8 Å². The van der Waals surface area contributed by atoms with Crippen LogP contribution in [0.15, 0.2) is 36.7 Å². The van der Waals surface area contributed by atoms with Gasteiger partial charge in [0.2, 0.25) is 0 Å². The van der Waals surface area contributed by atoms with E-state index in [0.717, 1.165) is 31.4 Å². The number of benzene rings is 1. The lowest BCUT2D eigenvalue weighted by atomic mass is 10.1. The minimum Gasteiger partial charge on any atom is -0.376 e. The number of anilines is 2. The number of halogens is 1. The molecule has 0 unspecified atom stereocenters. The molecule has 0 radical (unpaired) electrons. The Morgan fingerprint density at radius 1 is 1.26 bits per heavy atom. The Labute approximate surface area is 142 Å². The van der Waals surface area contributed by atoms with E-state index in [9.17, 15) is 4.39 Å². The number of fused-ring (bicyclic) bond motifs is 1. The molecule has 0 saturated carbocycles. The molecule has 0 amide bonds. The molecule has 0 aliphatic carbocycles. The SMILES string of the molecule is [2H]C([2H])([2H])N(c1cnc2nn(-c3cc(N4CCC4)ccc3F)cc2c1)C([2H])([2H])[2H]. The van der Waals surface area contributed by atoms with Gasteiger partial charge in [0.1, 0.15) is 11.5 Å². The predicted molar refractivity (Wildman–Crippen MR) is 90.0 cm³/mol. The van der Waals surface area contributed by atoms with E-state index in [-0.39, 0.29) is 17.0 Å². The molecule has 23 heavy (non-hydrogen) atoms. The van der Waals surface area contributed by atoms with Gasteiger partial charge in [-0.3, -0.25) is 0 Å². The fourth-order valence-electron chi connectivity index (χ4n) is 2.60. The Hall–Kier alpha value is -2.63. The van der Waals surface area contributed by atoms with Crippen molar-refractivity contribution in [3.8, 4) is 5.69 Å². The van der Waals surface area contributed by atoms with Crippen LogP contribution in [0.2, 0.25) is 0 Å². The highest BCUT2D eigenvalue weighted by molar-refractivity contribution is 5.78. The van der Waals surface area contributed by atoms with Crippen molar-refractivity contribution < 1.29 is 12.6 Å². The maximum atomic E-state index is 14.4. The topological polar surface area (TPSA) is 37.2 Å². The van der Waals surface area contributed by atoms with Crippen LogP contribution in [-0.2, 0) is 0 Å². The van der Waals surface area contributed by atoms with Crippen LogP contribution in [0.1, 0.15) is 14.6 Å². The van der Waals surface area contributed by atoms with Gasteiger partial charge in [-0.15, -0.1) is 5.10 Å². The first-order valence-corrected chi connectivity index (χ1v) is 7.25. The Morgan fingerprint density at radius 3 is 2.87 bits per heavy atom. The highest BCUT2D eigenvalue weighted by Gasteiger charge is 2.17. The van der Waals surface area contributed by atoms with Gasteiger partial charge in [0.25, 0.3) is 0 Å². The maximum Gasteiger partial charge on any atom is 0.181 e. The molecule has 1 aliphatic heterocycles. The molecule has 0 atom stereocenters. The van der Waals surface area contributed by atoms with Crippen molar-refractivity contribution in [2.24, 2.45) is 0 Å². The largest absolute Gasteiger partial charge is 0.376 e. The summed E-state index contributed by atoms with van der Waals surface area (Å²) >= 11 is 0. The Balaban J connectivity index is 1.76. The monoisotopic (exact) mass is 317 g/mol. The zero-order chi connectivity index (χ0) is 21.0. The molecule has 1 aromatic carbocycles. The van der Waals surface area contributed by atoms with E-state index in [1.165, 1.54) is 23.0 Å². The van der Waals surface area contributed by atoms with Gasteiger partial charge in [-0.1, -0.05) is 0 Å². The molecule has 5 nitrogen and oxygen atoms in total. The van der Waals surface area contributed by atoms with Gasteiger partial charge in [0, 0.05) is 52.5 Å². The number of hydrogen-bond acceptors (Lipinski definition) is 4. The Morgan fingerprint density at radius 2 is 2.13 bits per heavy atom. The van der Waals surface area contributed by atoms with E-state index in [0.29, 0.717) is 10.3 Å². The molecule has 118 valence electrons. The number of aromatic nitrogens is 3. The first-order chi connectivity index (χ1) is 13.5. The van der Waals surface area contributed by atoms with Gasteiger partial charge in [0.05, 0.1) is 11.9 Å². The van der Waals surface area contributed by atoms with E-state index in [1.807, 2.05) is 0 Å². The third kappa shape index (κ3) is 2.40. The first-order valence-electron chi connectivity index (χ1n) is 10.2. The summed E-state index contributed by atoms with van der Waals surface area (Å²) < 4.78 is 61.0. The fraction of sp³-hybridized carbons (Fsp3) is 0.294. The zero-order valence-corrected chi connectivity index (χ0v) is 12.2. The maximum absolute atomic E-state index is 14.4. The van der Waals surface area contributed by atoms with Crippen LogP contribution in [0.5, 0.6) is 0 Å². The molecule has 4 rings (SSSR count). The lowest BCUT2D eigenvalue weighted by Crippen LogP contribution is -2.37. The van der Waals surface area contributed by atoms with Crippen molar-refractivity contribution in [2.45, 2.75) is 6.42 Å². The van der Waals surface area contributed by atoms with Crippen LogP contribution in [0.3, 0.4) is 0 Å². The van der Waals surface area contributed by atoms with Crippen LogP contribution in [0, 0.1) is 5.82 Å². The van der Waals surface area contributed by atoms with Crippen molar-refractivity contribution in [2.75, 3.05) is 36.8 Å². The van der Waals surface area contributed by atoms with Gasteiger partial charge in [-0.2, -0.15) is 0 Å². The lowest BCUT2D eigenvalue weighted by Gasteiger charge is -2.33. The van der Waals surface area contributed by atoms with E-state index in [2.05, 4.69) is 15.0 Å². The second kappa shape index (κ2) is 5.22. The van der Waals surface area contributed by atoms with Crippen LogP contribution < -0.4 is 9.80 Å². The molecule has 3 heterocycles. The van der Waals surface area contributed by atoms with Crippen LogP contribution in [-0.4, -0.2) is 41.8 Å².